The first-order valence-electron chi connectivity index (χ1n) is 13.4. The number of carbonyl (C=O) groups is 1. The first-order chi connectivity index (χ1) is 18.7. The number of carbonyl (C=O) groups excluding carboxylic acids is 1. The minimum atomic E-state index is -0.426. The molecule has 0 atom stereocenters. The van der Waals surface area contributed by atoms with Gasteiger partial charge < -0.3 is 28.6 Å². The number of rotatable bonds is 6. The van der Waals surface area contributed by atoms with Crippen LogP contribution >= 0.6 is 0 Å². The second-order valence-electron chi connectivity index (χ2n) is 11.0. The molecule has 0 radical (unpaired) electrons. The van der Waals surface area contributed by atoms with Crippen LogP contribution in [0.2, 0.25) is 0 Å². The van der Waals surface area contributed by atoms with Gasteiger partial charge in [-0.2, -0.15) is 0 Å². The summed E-state index contributed by atoms with van der Waals surface area (Å²) >= 11 is 0. The Morgan fingerprint density at radius 1 is 1.08 bits per heavy atom. The highest BCUT2D eigenvalue weighted by Gasteiger charge is 2.36. The van der Waals surface area contributed by atoms with Crippen molar-refractivity contribution < 1.29 is 23.4 Å². The highest BCUT2D eigenvalue weighted by Crippen LogP contribution is 2.30. The zero-order chi connectivity index (χ0) is 27.6. The third-order valence-corrected chi connectivity index (χ3v) is 7.27. The lowest BCUT2D eigenvalue weighted by molar-refractivity contribution is 0.0192. The second-order valence-corrected chi connectivity index (χ2v) is 11.0. The van der Waals surface area contributed by atoms with Crippen molar-refractivity contribution >= 4 is 17.0 Å². The standard InChI is InChI=1S/C29H35FN4O5/c1-29(2,3)34(28(36)39-19-22-17-25-26(18-31-22)38-15-14-37-25)23-8-10-32(11-9-23)12-13-33-24-16-21(30)6-4-20(24)5-7-27(33)35/h4-7,16-18,23H,8-15,19H2,1-3H3. The van der Waals surface area contributed by atoms with Crippen molar-refractivity contribution in [2.45, 2.75) is 58.3 Å². The molecule has 39 heavy (non-hydrogen) atoms. The van der Waals surface area contributed by atoms with E-state index >= 15 is 0 Å². The van der Waals surface area contributed by atoms with Crippen LogP contribution in [0.15, 0.2) is 47.4 Å². The molecule has 0 spiro atoms. The van der Waals surface area contributed by atoms with Crippen LogP contribution in [0.1, 0.15) is 39.3 Å². The average molecular weight is 539 g/mol. The van der Waals surface area contributed by atoms with Crippen LogP contribution in [-0.2, 0) is 17.9 Å². The maximum atomic E-state index is 13.9. The van der Waals surface area contributed by atoms with E-state index in [4.69, 9.17) is 14.2 Å². The maximum Gasteiger partial charge on any atom is 0.410 e. The van der Waals surface area contributed by atoms with E-state index in [0.29, 0.717) is 49.0 Å². The molecular weight excluding hydrogens is 503 g/mol. The highest BCUT2D eigenvalue weighted by atomic mass is 19.1. The zero-order valence-electron chi connectivity index (χ0n) is 22.7. The van der Waals surface area contributed by atoms with Gasteiger partial charge >= 0.3 is 6.09 Å². The van der Waals surface area contributed by atoms with Crippen LogP contribution in [0.5, 0.6) is 11.5 Å². The van der Waals surface area contributed by atoms with E-state index in [0.717, 1.165) is 31.3 Å². The van der Waals surface area contributed by atoms with Gasteiger partial charge in [0.1, 0.15) is 25.6 Å². The minimum Gasteiger partial charge on any atom is -0.486 e. The molecule has 9 nitrogen and oxygen atoms in total. The van der Waals surface area contributed by atoms with Crippen LogP contribution in [0.3, 0.4) is 0 Å². The number of halogens is 1. The van der Waals surface area contributed by atoms with E-state index < -0.39 is 5.54 Å². The molecule has 0 N–H and O–H groups in total. The van der Waals surface area contributed by atoms with Gasteiger partial charge in [-0.3, -0.25) is 9.78 Å². The van der Waals surface area contributed by atoms with Gasteiger partial charge in [0.15, 0.2) is 11.5 Å². The van der Waals surface area contributed by atoms with Gasteiger partial charge in [-0.05, 0) is 63.3 Å². The first-order valence-corrected chi connectivity index (χ1v) is 13.4. The number of fused-ring (bicyclic) bond motifs is 2. The molecule has 4 heterocycles. The monoisotopic (exact) mass is 538 g/mol. The fourth-order valence-electron chi connectivity index (χ4n) is 5.38. The third-order valence-electron chi connectivity index (χ3n) is 7.27. The lowest BCUT2D eigenvalue weighted by atomic mass is 9.97. The molecule has 1 saturated heterocycles. The summed E-state index contributed by atoms with van der Waals surface area (Å²) in [5.74, 6) is 0.844. The molecule has 2 aliphatic heterocycles. The smallest absolute Gasteiger partial charge is 0.410 e. The van der Waals surface area contributed by atoms with Crippen LogP contribution in [-0.4, -0.2) is 69.9 Å². The van der Waals surface area contributed by atoms with Crippen molar-refractivity contribution in [2.24, 2.45) is 0 Å². The topological polar surface area (TPSA) is 86.1 Å². The number of piperidine rings is 1. The predicted octanol–water partition coefficient (Wildman–Crippen LogP) is 4.21. The molecule has 3 aromatic rings. The summed E-state index contributed by atoms with van der Waals surface area (Å²) in [6, 6.07) is 9.53. The summed E-state index contributed by atoms with van der Waals surface area (Å²) in [4.78, 5) is 34.2. The number of pyridine rings is 2. The second kappa shape index (κ2) is 11.2. The van der Waals surface area contributed by atoms with Crippen LogP contribution in [0, 0.1) is 5.82 Å². The van der Waals surface area contributed by atoms with Gasteiger partial charge in [0.25, 0.3) is 5.56 Å². The molecule has 2 aromatic heterocycles. The predicted molar refractivity (Wildman–Crippen MR) is 145 cm³/mol. The summed E-state index contributed by atoms with van der Waals surface area (Å²) in [7, 11) is 0. The van der Waals surface area contributed by atoms with Gasteiger partial charge in [-0.1, -0.05) is 0 Å². The van der Waals surface area contributed by atoms with Gasteiger partial charge in [-0.25, -0.2) is 9.18 Å². The van der Waals surface area contributed by atoms with E-state index in [9.17, 15) is 14.0 Å². The molecule has 2 aliphatic rings. The Morgan fingerprint density at radius 3 is 2.54 bits per heavy atom. The number of nitrogens with zero attached hydrogens (tertiary/aromatic N) is 4. The van der Waals surface area contributed by atoms with Gasteiger partial charge in [-0.15, -0.1) is 0 Å². The number of amides is 1. The summed E-state index contributed by atoms with van der Waals surface area (Å²) in [5.41, 5.74) is 0.633. The number of ether oxygens (including phenoxy) is 3. The van der Waals surface area contributed by atoms with Crippen molar-refractivity contribution in [1.29, 1.82) is 0 Å². The Hall–Kier alpha value is -3.66. The van der Waals surface area contributed by atoms with Gasteiger partial charge in [0.2, 0.25) is 0 Å². The number of hydrogen-bond donors (Lipinski definition) is 0. The molecule has 1 amide bonds. The fourth-order valence-corrected chi connectivity index (χ4v) is 5.38. The Balaban J connectivity index is 1.18. The zero-order valence-corrected chi connectivity index (χ0v) is 22.7. The van der Waals surface area contributed by atoms with E-state index in [1.165, 1.54) is 18.2 Å². The van der Waals surface area contributed by atoms with E-state index in [2.05, 4.69) is 9.88 Å². The Bertz CT molecular complexity index is 1390. The van der Waals surface area contributed by atoms with E-state index in [1.807, 2.05) is 25.7 Å². The Labute approximate surface area is 227 Å². The van der Waals surface area contributed by atoms with E-state index in [-0.39, 0.29) is 30.1 Å². The Morgan fingerprint density at radius 2 is 1.79 bits per heavy atom. The largest absolute Gasteiger partial charge is 0.486 e. The molecule has 5 rings (SSSR count). The maximum absolute atomic E-state index is 13.9. The number of benzene rings is 1. The Kier molecular flexibility index (Phi) is 7.74. The molecule has 208 valence electrons. The molecule has 0 saturated carbocycles. The number of aromatic nitrogens is 2. The number of likely N-dealkylation sites (tertiary alicyclic amines) is 1. The summed E-state index contributed by atoms with van der Waals surface area (Å²) in [6.07, 6.45) is 2.79. The van der Waals surface area contributed by atoms with Crippen molar-refractivity contribution in [3.05, 3.63) is 64.5 Å². The summed E-state index contributed by atoms with van der Waals surface area (Å²) in [6.45, 7) is 9.73. The van der Waals surface area contributed by atoms with Crippen molar-refractivity contribution in [3.8, 4) is 11.5 Å². The summed E-state index contributed by atoms with van der Waals surface area (Å²) < 4.78 is 32.3. The molecule has 1 fully saturated rings. The van der Waals surface area contributed by atoms with Crippen LogP contribution in [0.25, 0.3) is 10.9 Å². The van der Waals surface area contributed by atoms with Crippen molar-refractivity contribution in [1.82, 2.24) is 19.4 Å². The molecular formula is C29H35FN4O5. The molecule has 10 heteroatoms. The minimum absolute atomic E-state index is 0.0244. The van der Waals surface area contributed by atoms with Crippen LogP contribution in [0.4, 0.5) is 9.18 Å². The van der Waals surface area contributed by atoms with Crippen LogP contribution < -0.4 is 15.0 Å². The average Bonchev–Trinajstić information content (AvgIpc) is 2.91. The molecule has 0 aliphatic carbocycles. The molecule has 0 bridgehead atoms. The normalized spacial score (nSPS) is 16.3. The third kappa shape index (κ3) is 6.16. The lowest BCUT2D eigenvalue weighted by Gasteiger charge is -2.44. The first kappa shape index (κ1) is 26.9. The van der Waals surface area contributed by atoms with Crippen molar-refractivity contribution in [3.63, 3.8) is 0 Å². The highest BCUT2D eigenvalue weighted by molar-refractivity contribution is 5.78. The molecule has 0 unspecified atom stereocenters. The van der Waals surface area contributed by atoms with Gasteiger partial charge in [0, 0.05) is 49.9 Å². The van der Waals surface area contributed by atoms with E-state index in [1.54, 1.807) is 29.0 Å². The molecule has 1 aromatic carbocycles. The number of hydrogen-bond acceptors (Lipinski definition) is 7. The lowest BCUT2D eigenvalue weighted by Crippen LogP contribution is -2.55. The summed E-state index contributed by atoms with van der Waals surface area (Å²) in [5, 5.41) is 0.834. The SMILES string of the molecule is CC(C)(C)N(C(=O)OCc1cc2c(cn1)OCCO2)C1CCN(CCn2c(=O)ccc3ccc(F)cc32)CC1. The van der Waals surface area contributed by atoms with Crippen molar-refractivity contribution in [2.75, 3.05) is 32.8 Å². The quantitative estimate of drug-likeness (QED) is 0.465. The van der Waals surface area contributed by atoms with Gasteiger partial charge in [0.05, 0.1) is 17.4 Å². The fraction of sp³-hybridized carbons (Fsp3) is 0.483.